The van der Waals surface area contributed by atoms with Gasteiger partial charge in [-0.25, -0.2) is 4.39 Å². The van der Waals surface area contributed by atoms with E-state index < -0.39 is 0 Å². The molecule has 3 heteroatoms. The van der Waals surface area contributed by atoms with E-state index in [1.807, 2.05) is 6.07 Å². The molecule has 0 aliphatic carbocycles. The maximum Gasteiger partial charge on any atom is 0.127 e. The van der Waals surface area contributed by atoms with Crippen molar-refractivity contribution >= 4 is 0 Å². The lowest BCUT2D eigenvalue weighted by Gasteiger charge is -2.41. The summed E-state index contributed by atoms with van der Waals surface area (Å²) in [5, 5.41) is 0. The lowest BCUT2D eigenvalue weighted by atomic mass is 9.94. The Morgan fingerprint density at radius 1 is 1.20 bits per heavy atom. The molecule has 2 aromatic carbocycles. The van der Waals surface area contributed by atoms with Crippen LogP contribution in [0.5, 0.6) is 5.75 Å². The van der Waals surface area contributed by atoms with Crippen molar-refractivity contribution in [1.29, 1.82) is 0 Å². The van der Waals surface area contributed by atoms with Crippen LogP contribution in [0.3, 0.4) is 0 Å². The molecule has 0 spiro atoms. The van der Waals surface area contributed by atoms with Crippen LogP contribution in [0.2, 0.25) is 0 Å². The van der Waals surface area contributed by atoms with Gasteiger partial charge >= 0.3 is 0 Å². The van der Waals surface area contributed by atoms with Gasteiger partial charge in [0.2, 0.25) is 0 Å². The van der Waals surface area contributed by atoms with Crippen LogP contribution < -0.4 is 4.74 Å². The quantitative estimate of drug-likeness (QED) is 0.839. The third-order valence-corrected chi connectivity index (χ3v) is 3.94. The molecule has 0 N–H and O–H groups in total. The monoisotopic (exact) mass is 271 g/mol. The highest BCUT2D eigenvalue weighted by molar-refractivity contribution is 5.30. The number of ether oxygens (including phenoxy) is 1. The second-order valence-corrected chi connectivity index (χ2v) is 5.14. The molecule has 0 aromatic heterocycles. The van der Waals surface area contributed by atoms with Crippen molar-refractivity contribution in [1.82, 2.24) is 4.90 Å². The molecule has 1 aliphatic heterocycles. The highest BCUT2D eigenvalue weighted by atomic mass is 19.1. The minimum Gasteiger partial charge on any atom is -0.497 e. The van der Waals surface area contributed by atoms with Crippen LogP contribution in [0.25, 0.3) is 0 Å². The molecular weight excluding hydrogens is 253 g/mol. The van der Waals surface area contributed by atoms with Crippen molar-refractivity contribution in [3.05, 3.63) is 65.5 Å². The Morgan fingerprint density at radius 2 is 2.00 bits per heavy atom. The van der Waals surface area contributed by atoms with E-state index in [0.717, 1.165) is 13.0 Å². The first-order chi connectivity index (χ1) is 9.78. The molecule has 1 fully saturated rings. The molecule has 0 amide bonds. The summed E-state index contributed by atoms with van der Waals surface area (Å²) in [6, 6.07) is 15.7. The van der Waals surface area contributed by atoms with Crippen LogP contribution in [-0.2, 0) is 6.54 Å². The van der Waals surface area contributed by atoms with Crippen molar-refractivity contribution in [3.8, 4) is 5.75 Å². The normalized spacial score (nSPS) is 18.6. The number of methoxy groups -OCH3 is 1. The lowest BCUT2D eigenvalue weighted by molar-refractivity contribution is 0.0805. The van der Waals surface area contributed by atoms with E-state index in [0.29, 0.717) is 23.9 Å². The fourth-order valence-electron chi connectivity index (χ4n) is 2.70. The van der Waals surface area contributed by atoms with Crippen LogP contribution in [0.4, 0.5) is 4.39 Å². The lowest BCUT2D eigenvalue weighted by Crippen LogP contribution is -2.40. The van der Waals surface area contributed by atoms with E-state index in [9.17, 15) is 4.39 Å². The molecule has 2 aromatic rings. The van der Waals surface area contributed by atoms with E-state index in [-0.39, 0.29) is 5.82 Å². The van der Waals surface area contributed by atoms with Gasteiger partial charge in [0.15, 0.2) is 0 Å². The Bertz CT molecular complexity index is 585. The summed E-state index contributed by atoms with van der Waals surface area (Å²) < 4.78 is 19.0. The molecule has 20 heavy (non-hydrogen) atoms. The molecule has 3 rings (SSSR count). The Kier molecular flexibility index (Phi) is 3.70. The summed E-state index contributed by atoms with van der Waals surface area (Å²) in [5.74, 6) is 0.544. The second kappa shape index (κ2) is 5.63. The predicted molar refractivity (Wildman–Crippen MR) is 77.2 cm³/mol. The Labute approximate surface area is 118 Å². The summed E-state index contributed by atoms with van der Waals surface area (Å²) >= 11 is 0. The average Bonchev–Trinajstić information content (AvgIpc) is 2.46. The minimum atomic E-state index is -0.162. The first-order valence-electron chi connectivity index (χ1n) is 6.89. The van der Waals surface area contributed by atoms with Gasteiger partial charge in [-0.15, -0.1) is 0 Å². The zero-order valence-corrected chi connectivity index (χ0v) is 11.6. The van der Waals surface area contributed by atoms with Gasteiger partial charge in [0.1, 0.15) is 11.6 Å². The Balaban J connectivity index is 1.75. The zero-order chi connectivity index (χ0) is 13.9. The molecule has 0 radical (unpaired) electrons. The van der Waals surface area contributed by atoms with Crippen LogP contribution in [0.15, 0.2) is 48.5 Å². The van der Waals surface area contributed by atoms with E-state index >= 15 is 0 Å². The Hall–Kier alpha value is -1.87. The average molecular weight is 271 g/mol. The molecule has 0 saturated carbocycles. The fourth-order valence-corrected chi connectivity index (χ4v) is 2.70. The number of halogens is 1. The van der Waals surface area contributed by atoms with E-state index in [1.54, 1.807) is 19.2 Å². The molecule has 1 saturated heterocycles. The van der Waals surface area contributed by atoms with Crippen molar-refractivity contribution in [3.63, 3.8) is 0 Å². The van der Waals surface area contributed by atoms with Crippen molar-refractivity contribution in [2.45, 2.75) is 19.0 Å². The van der Waals surface area contributed by atoms with Gasteiger partial charge in [-0.05, 0) is 30.2 Å². The van der Waals surface area contributed by atoms with Crippen molar-refractivity contribution in [2.24, 2.45) is 0 Å². The Morgan fingerprint density at radius 3 is 2.65 bits per heavy atom. The van der Waals surface area contributed by atoms with Crippen LogP contribution in [0, 0.1) is 5.82 Å². The summed E-state index contributed by atoms with van der Waals surface area (Å²) in [7, 11) is 1.60. The van der Waals surface area contributed by atoms with E-state index in [1.165, 1.54) is 11.6 Å². The fraction of sp³-hybridized carbons (Fsp3) is 0.294. The highest BCUT2D eigenvalue weighted by Crippen LogP contribution is 2.35. The first kappa shape index (κ1) is 13.1. The van der Waals surface area contributed by atoms with Crippen LogP contribution in [0.1, 0.15) is 23.6 Å². The van der Waals surface area contributed by atoms with Gasteiger partial charge in [-0.3, -0.25) is 4.90 Å². The predicted octanol–water partition coefficient (Wildman–Crippen LogP) is 3.78. The number of rotatable bonds is 4. The van der Waals surface area contributed by atoms with Gasteiger partial charge in [0, 0.05) is 24.7 Å². The van der Waals surface area contributed by atoms with Crippen molar-refractivity contribution < 1.29 is 9.13 Å². The highest BCUT2D eigenvalue weighted by Gasteiger charge is 2.29. The van der Waals surface area contributed by atoms with Gasteiger partial charge in [0.05, 0.1) is 7.11 Å². The maximum absolute atomic E-state index is 13.9. The minimum absolute atomic E-state index is 0.162. The molecule has 1 atom stereocenters. The third-order valence-electron chi connectivity index (χ3n) is 3.94. The summed E-state index contributed by atoms with van der Waals surface area (Å²) in [5.41, 5.74) is 2.01. The third kappa shape index (κ3) is 2.54. The van der Waals surface area contributed by atoms with Crippen LogP contribution in [-0.4, -0.2) is 18.6 Å². The van der Waals surface area contributed by atoms with Crippen molar-refractivity contribution in [2.75, 3.05) is 13.7 Å². The molecule has 0 unspecified atom stereocenters. The smallest absolute Gasteiger partial charge is 0.127 e. The van der Waals surface area contributed by atoms with E-state index in [4.69, 9.17) is 4.74 Å². The zero-order valence-electron chi connectivity index (χ0n) is 11.6. The number of likely N-dealkylation sites (tertiary alicyclic amines) is 1. The van der Waals surface area contributed by atoms with Gasteiger partial charge in [-0.1, -0.05) is 30.3 Å². The summed E-state index contributed by atoms with van der Waals surface area (Å²) in [6.07, 6.45) is 1.13. The SMILES string of the molecule is COc1ccc(F)c(CN2CC[C@H]2c2ccccc2)c1. The molecule has 0 bridgehead atoms. The largest absolute Gasteiger partial charge is 0.497 e. The van der Waals surface area contributed by atoms with Gasteiger partial charge in [0.25, 0.3) is 0 Å². The standard InChI is InChI=1S/C17H18FNO/c1-20-15-7-8-16(18)14(11-15)12-19-10-9-17(19)13-5-3-2-4-6-13/h2-8,11,17H,9-10,12H2,1H3/t17-/m0/s1. The molecule has 2 nitrogen and oxygen atoms in total. The summed E-state index contributed by atoms with van der Waals surface area (Å²) in [6.45, 7) is 1.64. The molecule has 1 heterocycles. The van der Waals surface area contributed by atoms with Gasteiger partial charge in [-0.2, -0.15) is 0 Å². The first-order valence-corrected chi connectivity index (χ1v) is 6.89. The maximum atomic E-state index is 13.9. The second-order valence-electron chi connectivity index (χ2n) is 5.14. The molecular formula is C17H18FNO. The molecule has 1 aliphatic rings. The topological polar surface area (TPSA) is 12.5 Å². The summed E-state index contributed by atoms with van der Waals surface area (Å²) in [4.78, 5) is 2.30. The number of nitrogens with zero attached hydrogens (tertiary/aromatic N) is 1. The van der Waals surface area contributed by atoms with E-state index in [2.05, 4.69) is 29.2 Å². The number of hydrogen-bond acceptors (Lipinski definition) is 2. The number of hydrogen-bond donors (Lipinski definition) is 0. The van der Waals surface area contributed by atoms with Crippen LogP contribution >= 0.6 is 0 Å². The number of benzene rings is 2. The molecule has 104 valence electrons. The van der Waals surface area contributed by atoms with Gasteiger partial charge < -0.3 is 4.74 Å².